The smallest absolute Gasteiger partial charge is 0.409 e. The van der Waals surface area contributed by atoms with Gasteiger partial charge in [0, 0.05) is 17.8 Å². The second-order valence-corrected chi connectivity index (χ2v) is 7.00. The van der Waals surface area contributed by atoms with Gasteiger partial charge in [0.2, 0.25) is 0 Å². The summed E-state index contributed by atoms with van der Waals surface area (Å²) in [6.45, 7) is 3.22. The van der Waals surface area contributed by atoms with Crippen LogP contribution in [0.5, 0.6) is 0 Å². The van der Waals surface area contributed by atoms with Crippen molar-refractivity contribution in [2.75, 3.05) is 5.33 Å². The maximum absolute atomic E-state index is 13.4. The summed E-state index contributed by atoms with van der Waals surface area (Å²) in [5, 5.41) is 19.7. The monoisotopic (exact) mass is 407 g/mol. The number of rotatable bonds is 5. The van der Waals surface area contributed by atoms with Crippen molar-refractivity contribution >= 4 is 22.0 Å². The number of alkyl halides is 1. The molecule has 1 unspecified atom stereocenters. The van der Waals surface area contributed by atoms with Gasteiger partial charge in [-0.1, -0.05) is 15.9 Å². The van der Waals surface area contributed by atoms with Gasteiger partial charge in [-0.25, -0.2) is 13.6 Å². The first-order valence-electron chi connectivity index (χ1n) is 7.53. The van der Waals surface area contributed by atoms with E-state index in [9.17, 15) is 23.8 Å². The summed E-state index contributed by atoms with van der Waals surface area (Å²) in [6, 6.07) is 2.45. The summed E-state index contributed by atoms with van der Waals surface area (Å²) in [4.78, 5) is 12.8. The fourth-order valence-electron chi connectivity index (χ4n) is 3.17. The van der Waals surface area contributed by atoms with Crippen LogP contribution in [-0.2, 0) is 11.2 Å². The van der Waals surface area contributed by atoms with Crippen molar-refractivity contribution in [3.05, 3.63) is 35.4 Å². The van der Waals surface area contributed by atoms with E-state index in [1.54, 1.807) is 13.8 Å². The molecule has 1 heterocycles. The predicted octanol–water partition coefficient (Wildman–Crippen LogP) is 3.14. The first-order chi connectivity index (χ1) is 11.1. The van der Waals surface area contributed by atoms with E-state index in [-0.39, 0.29) is 12.8 Å². The highest BCUT2D eigenvalue weighted by Crippen LogP contribution is 2.36. The maximum Gasteiger partial charge on any atom is 0.409 e. The molecule has 1 fully saturated rings. The van der Waals surface area contributed by atoms with Gasteiger partial charge in [0.05, 0.1) is 18.2 Å². The van der Waals surface area contributed by atoms with Crippen LogP contribution < -0.4 is 0 Å². The van der Waals surface area contributed by atoms with Crippen molar-refractivity contribution in [3.63, 3.8) is 0 Å². The van der Waals surface area contributed by atoms with Gasteiger partial charge < -0.3 is 14.9 Å². The largest absolute Gasteiger partial charge is 0.465 e. The molecule has 3 atom stereocenters. The number of halogens is 3. The van der Waals surface area contributed by atoms with Crippen LogP contribution in [0.15, 0.2) is 18.2 Å². The van der Waals surface area contributed by atoms with Crippen LogP contribution in [0.3, 0.4) is 0 Å². The quantitative estimate of drug-likeness (QED) is 0.735. The Morgan fingerprint density at radius 1 is 1.38 bits per heavy atom. The van der Waals surface area contributed by atoms with Crippen LogP contribution in [0.4, 0.5) is 13.6 Å². The number of benzene rings is 1. The van der Waals surface area contributed by atoms with Gasteiger partial charge in [-0.15, -0.1) is 0 Å². The zero-order valence-electron chi connectivity index (χ0n) is 13.4. The lowest BCUT2D eigenvalue weighted by Gasteiger charge is -2.31. The van der Waals surface area contributed by atoms with E-state index in [0.717, 1.165) is 11.0 Å². The fourth-order valence-corrected chi connectivity index (χ4v) is 3.44. The van der Waals surface area contributed by atoms with Crippen LogP contribution in [0.1, 0.15) is 25.8 Å². The Labute approximate surface area is 147 Å². The summed E-state index contributed by atoms with van der Waals surface area (Å²) >= 11 is 3.17. The molecule has 0 spiro atoms. The summed E-state index contributed by atoms with van der Waals surface area (Å²) in [7, 11) is 0. The van der Waals surface area contributed by atoms with E-state index >= 15 is 0 Å². The Morgan fingerprint density at radius 3 is 2.46 bits per heavy atom. The molecule has 134 valence electrons. The molecular weight excluding hydrogens is 388 g/mol. The standard InChI is InChI=1S/C16H20BrF2NO4/c1-16(2)20(15(22)23)13(14(24-16)7-12(21)8-17)5-9-3-10(18)6-11(19)4-9/h3-4,6,12-14,21H,5,7-8H2,1-2H3,(H,22,23)/t12?,13-,14+/m0/s1. The molecule has 1 aromatic carbocycles. The summed E-state index contributed by atoms with van der Waals surface area (Å²) < 4.78 is 32.7. The van der Waals surface area contributed by atoms with E-state index in [1.165, 1.54) is 12.1 Å². The summed E-state index contributed by atoms with van der Waals surface area (Å²) in [6.07, 6.45) is -2.19. The van der Waals surface area contributed by atoms with Crippen molar-refractivity contribution in [3.8, 4) is 0 Å². The minimum Gasteiger partial charge on any atom is -0.465 e. The van der Waals surface area contributed by atoms with Crippen molar-refractivity contribution < 1.29 is 28.5 Å². The van der Waals surface area contributed by atoms with Crippen LogP contribution in [0, 0.1) is 11.6 Å². The third kappa shape index (κ3) is 4.23. The number of carboxylic acid groups (broad SMARTS) is 1. The summed E-state index contributed by atoms with van der Waals surface area (Å²) in [5.74, 6) is -1.44. The first-order valence-corrected chi connectivity index (χ1v) is 8.65. The van der Waals surface area contributed by atoms with Gasteiger partial charge in [-0.2, -0.15) is 0 Å². The van der Waals surface area contributed by atoms with Crippen molar-refractivity contribution in [1.82, 2.24) is 4.90 Å². The van der Waals surface area contributed by atoms with Gasteiger partial charge in [-0.05, 0) is 38.0 Å². The highest BCUT2D eigenvalue weighted by atomic mass is 79.9. The lowest BCUT2D eigenvalue weighted by atomic mass is 9.97. The van der Waals surface area contributed by atoms with Gasteiger partial charge in [-0.3, -0.25) is 4.90 Å². The highest BCUT2D eigenvalue weighted by Gasteiger charge is 2.50. The molecule has 0 bridgehead atoms. The highest BCUT2D eigenvalue weighted by molar-refractivity contribution is 9.09. The maximum atomic E-state index is 13.4. The minimum absolute atomic E-state index is 0.0874. The number of aliphatic hydroxyl groups excluding tert-OH is 1. The zero-order chi connectivity index (χ0) is 18.1. The molecule has 1 aromatic rings. The normalized spacial score (nSPS) is 24.2. The molecule has 2 rings (SSSR count). The van der Waals surface area contributed by atoms with E-state index < -0.39 is 41.7 Å². The molecule has 1 saturated heterocycles. The van der Waals surface area contributed by atoms with E-state index in [2.05, 4.69) is 15.9 Å². The molecule has 0 saturated carbocycles. The topological polar surface area (TPSA) is 70.0 Å². The van der Waals surface area contributed by atoms with Crippen LogP contribution in [0.25, 0.3) is 0 Å². The lowest BCUT2D eigenvalue weighted by Crippen LogP contribution is -2.48. The minimum atomic E-state index is -1.18. The Bertz CT molecular complexity index is 593. The number of hydrogen-bond donors (Lipinski definition) is 2. The molecule has 1 aliphatic heterocycles. The molecular formula is C16H20BrF2NO4. The SMILES string of the molecule is CC1(C)O[C@H](CC(O)CBr)[C@H](Cc2cc(F)cc(F)c2)N1C(=O)O. The molecule has 0 radical (unpaired) electrons. The predicted molar refractivity (Wildman–Crippen MR) is 87.1 cm³/mol. The number of nitrogens with zero attached hydrogens (tertiary/aromatic N) is 1. The lowest BCUT2D eigenvalue weighted by molar-refractivity contribution is -0.0737. The number of aliphatic hydroxyl groups is 1. The van der Waals surface area contributed by atoms with Crippen molar-refractivity contribution in [2.45, 2.75) is 50.7 Å². The van der Waals surface area contributed by atoms with Gasteiger partial charge in [0.25, 0.3) is 0 Å². The number of amides is 1. The number of ether oxygens (including phenoxy) is 1. The summed E-state index contributed by atoms with van der Waals surface area (Å²) in [5.41, 5.74) is -0.762. The molecule has 1 amide bonds. The van der Waals surface area contributed by atoms with Crippen LogP contribution in [-0.4, -0.2) is 50.5 Å². The average Bonchev–Trinajstić information content (AvgIpc) is 2.67. The van der Waals surface area contributed by atoms with Gasteiger partial charge in [0.15, 0.2) is 0 Å². The van der Waals surface area contributed by atoms with E-state index in [1.807, 2.05) is 0 Å². The number of hydrogen-bond acceptors (Lipinski definition) is 3. The third-order valence-electron chi connectivity index (χ3n) is 4.04. The van der Waals surface area contributed by atoms with Crippen LogP contribution in [0.2, 0.25) is 0 Å². The van der Waals surface area contributed by atoms with Gasteiger partial charge in [0.1, 0.15) is 17.4 Å². The second kappa shape index (κ2) is 7.33. The molecule has 24 heavy (non-hydrogen) atoms. The Morgan fingerprint density at radius 2 is 1.96 bits per heavy atom. The molecule has 2 N–H and O–H groups in total. The fraction of sp³-hybridized carbons (Fsp3) is 0.562. The van der Waals surface area contributed by atoms with E-state index in [0.29, 0.717) is 10.9 Å². The van der Waals surface area contributed by atoms with Crippen molar-refractivity contribution in [1.29, 1.82) is 0 Å². The number of carbonyl (C=O) groups is 1. The molecule has 1 aliphatic rings. The molecule has 5 nitrogen and oxygen atoms in total. The third-order valence-corrected chi connectivity index (χ3v) is 4.78. The first kappa shape index (κ1) is 19.1. The second-order valence-electron chi connectivity index (χ2n) is 6.35. The molecule has 0 aliphatic carbocycles. The van der Waals surface area contributed by atoms with Crippen molar-refractivity contribution in [2.24, 2.45) is 0 Å². The van der Waals surface area contributed by atoms with E-state index in [4.69, 9.17) is 4.74 Å². The zero-order valence-corrected chi connectivity index (χ0v) is 15.0. The molecule has 8 heteroatoms. The Kier molecular flexibility index (Phi) is 5.83. The molecule has 0 aromatic heterocycles. The Hall–Kier alpha value is -1.25. The Balaban J connectivity index is 2.32. The van der Waals surface area contributed by atoms with Gasteiger partial charge >= 0.3 is 6.09 Å². The average molecular weight is 408 g/mol. The van der Waals surface area contributed by atoms with Crippen LogP contribution >= 0.6 is 15.9 Å².